The lowest BCUT2D eigenvalue weighted by Gasteiger charge is -2.18. The van der Waals surface area contributed by atoms with Crippen LogP contribution in [0.5, 0.6) is 5.75 Å². The third kappa shape index (κ3) is 4.92. The van der Waals surface area contributed by atoms with Gasteiger partial charge >= 0.3 is 0 Å². The van der Waals surface area contributed by atoms with Gasteiger partial charge in [-0.15, -0.1) is 0 Å². The van der Waals surface area contributed by atoms with E-state index < -0.39 is 24.1 Å². The number of hydrogen-bond donors (Lipinski definition) is 2. The first-order chi connectivity index (χ1) is 11.5. The second-order valence-electron chi connectivity index (χ2n) is 5.10. The number of nitrogens with one attached hydrogen (secondary N) is 1. The van der Waals surface area contributed by atoms with E-state index in [0.29, 0.717) is 18.3 Å². The number of aliphatic hydroxyl groups excluding tert-OH is 1. The highest BCUT2D eigenvalue weighted by Gasteiger charge is 2.09. The van der Waals surface area contributed by atoms with Gasteiger partial charge in [0, 0.05) is 31.0 Å². The Labute approximate surface area is 138 Å². The number of halogens is 2. The maximum Gasteiger partial charge on any atom is 0.262 e. The molecule has 0 aliphatic heterocycles. The molecule has 0 atom stereocenters. The summed E-state index contributed by atoms with van der Waals surface area (Å²) in [6.45, 7) is 0.157. The summed E-state index contributed by atoms with van der Waals surface area (Å²) in [5.74, 6) is -2.22. The topological polar surface area (TPSA) is 61.8 Å². The Hall–Kier alpha value is -2.67. The normalized spacial score (nSPS) is 10.3. The van der Waals surface area contributed by atoms with Gasteiger partial charge in [-0.25, -0.2) is 8.78 Å². The van der Waals surface area contributed by atoms with E-state index in [1.54, 1.807) is 24.3 Å². The number of ether oxygens (including phenoxy) is 1. The molecule has 0 heterocycles. The zero-order valence-corrected chi connectivity index (χ0v) is 13.1. The molecule has 0 fully saturated rings. The van der Waals surface area contributed by atoms with Crippen LogP contribution in [0.3, 0.4) is 0 Å². The summed E-state index contributed by atoms with van der Waals surface area (Å²) in [5.41, 5.74) is 1.45. The molecule has 2 aromatic rings. The number of carbonyl (C=O) groups is 1. The molecule has 0 aliphatic carbocycles. The fourth-order valence-electron chi connectivity index (χ4n) is 2.01. The van der Waals surface area contributed by atoms with Crippen LogP contribution in [0.15, 0.2) is 42.5 Å². The van der Waals surface area contributed by atoms with Crippen LogP contribution in [0.25, 0.3) is 0 Å². The van der Waals surface area contributed by atoms with Crippen LogP contribution in [0.2, 0.25) is 0 Å². The van der Waals surface area contributed by atoms with Gasteiger partial charge in [0.2, 0.25) is 0 Å². The Balaban J connectivity index is 1.88. The number of carbonyl (C=O) groups excluding carboxylic acids is 1. The smallest absolute Gasteiger partial charge is 0.262 e. The monoisotopic (exact) mass is 336 g/mol. The molecule has 0 saturated heterocycles. The minimum Gasteiger partial charge on any atom is -0.481 e. The van der Waals surface area contributed by atoms with Gasteiger partial charge in [-0.2, -0.15) is 0 Å². The summed E-state index contributed by atoms with van der Waals surface area (Å²) >= 11 is 0. The molecule has 2 N–H and O–H groups in total. The fourth-order valence-corrected chi connectivity index (χ4v) is 2.01. The molecule has 0 radical (unpaired) electrons. The Kier molecular flexibility index (Phi) is 6.08. The Morgan fingerprint density at radius 2 is 1.92 bits per heavy atom. The van der Waals surface area contributed by atoms with Crippen molar-refractivity contribution in [2.75, 3.05) is 37.0 Å². The molecule has 24 heavy (non-hydrogen) atoms. The van der Waals surface area contributed by atoms with Gasteiger partial charge in [0.1, 0.15) is 5.82 Å². The Morgan fingerprint density at radius 1 is 1.21 bits per heavy atom. The summed E-state index contributed by atoms with van der Waals surface area (Å²) in [6.07, 6.45) is 0. The van der Waals surface area contributed by atoms with Crippen molar-refractivity contribution in [1.29, 1.82) is 0 Å². The number of rotatable bonds is 7. The molecule has 5 nitrogen and oxygen atoms in total. The van der Waals surface area contributed by atoms with Gasteiger partial charge in [0.05, 0.1) is 6.61 Å². The average Bonchev–Trinajstić information content (AvgIpc) is 2.55. The number of likely N-dealkylation sites (N-methyl/N-ethyl adjacent to an activating group) is 1. The molecule has 0 spiro atoms. The summed E-state index contributed by atoms with van der Waals surface area (Å²) in [5, 5.41) is 11.5. The van der Waals surface area contributed by atoms with E-state index in [1.807, 2.05) is 11.9 Å². The van der Waals surface area contributed by atoms with Crippen molar-refractivity contribution in [2.24, 2.45) is 0 Å². The molecule has 0 bridgehead atoms. The lowest BCUT2D eigenvalue weighted by molar-refractivity contribution is -0.118. The van der Waals surface area contributed by atoms with Crippen molar-refractivity contribution in [2.45, 2.75) is 0 Å². The van der Waals surface area contributed by atoms with E-state index in [0.717, 1.165) is 17.8 Å². The van der Waals surface area contributed by atoms with Crippen LogP contribution in [0.4, 0.5) is 20.2 Å². The zero-order valence-electron chi connectivity index (χ0n) is 13.1. The summed E-state index contributed by atoms with van der Waals surface area (Å²) in [4.78, 5) is 13.7. The molecular formula is C17H18F2N2O3. The van der Waals surface area contributed by atoms with E-state index in [4.69, 9.17) is 9.84 Å². The van der Waals surface area contributed by atoms with Crippen LogP contribution >= 0.6 is 0 Å². The SMILES string of the molecule is CN(CCO)c1ccc(NC(=O)COc2ccc(F)cc2F)cc1. The van der Waals surface area contributed by atoms with E-state index in [-0.39, 0.29) is 12.4 Å². The second kappa shape index (κ2) is 8.26. The maximum absolute atomic E-state index is 13.4. The standard InChI is InChI=1S/C17H18F2N2O3/c1-21(8-9-22)14-5-3-13(4-6-14)20-17(23)11-24-16-7-2-12(18)10-15(16)19/h2-7,10,22H,8-9,11H2,1H3,(H,20,23). The van der Waals surface area contributed by atoms with E-state index in [9.17, 15) is 13.6 Å². The minimum absolute atomic E-state index is 0.0479. The van der Waals surface area contributed by atoms with Gasteiger partial charge in [-0.05, 0) is 36.4 Å². The number of anilines is 2. The average molecular weight is 336 g/mol. The van der Waals surface area contributed by atoms with Gasteiger partial charge in [0.15, 0.2) is 18.2 Å². The number of hydrogen-bond acceptors (Lipinski definition) is 4. The first-order valence-electron chi connectivity index (χ1n) is 7.29. The summed E-state index contributed by atoms with van der Waals surface area (Å²) in [7, 11) is 1.84. The fraction of sp³-hybridized carbons (Fsp3) is 0.235. The summed E-state index contributed by atoms with van der Waals surface area (Å²) in [6, 6.07) is 9.88. The lowest BCUT2D eigenvalue weighted by Crippen LogP contribution is -2.22. The molecule has 7 heteroatoms. The largest absolute Gasteiger partial charge is 0.481 e. The van der Waals surface area contributed by atoms with E-state index in [2.05, 4.69) is 5.32 Å². The quantitative estimate of drug-likeness (QED) is 0.815. The molecule has 2 aromatic carbocycles. The molecule has 128 valence electrons. The number of aliphatic hydroxyl groups is 1. The lowest BCUT2D eigenvalue weighted by atomic mass is 10.2. The van der Waals surface area contributed by atoms with Gasteiger partial charge in [-0.1, -0.05) is 0 Å². The van der Waals surface area contributed by atoms with Crippen molar-refractivity contribution in [1.82, 2.24) is 0 Å². The second-order valence-corrected chi connectivity index (χ2v) is 5.10. The van der Waals surface area contributed by atoms with E-state index in [1.165, 1.54) is 0 Å². The van der Waals surface area contributed by atoms with Crippen LogP contribution in [-0.4, -0.2) is 37.8 Å². The highest BCUT2D eigenvalue weighted by atomic mass is 19.1. The zero-order chi connectivity index (χ0) is 17.5. The molecule has 2 rings (SSSR count). The first kappa shape index (κ1) is 17.7. The van der Waals surface area contributed by atoms with Crippen molar-refractivity contribution in [3.05, 3.63) is 54.1 Å². The predicted molar refractivity (Wildman–Crippen MR) is 87.3 cm³/mol. The predicted octanol–water partition coefficient (Wildman–Crippen LogP) is 2.41. The number of benzene rings is 2. The molecule has 1 amide bonds. The number of amides is 1. The highest BCUT2D eigenvalue weighted by Crippen LogP contribution is 2.18. The Morgan fingerprint density at radius 3 is 2.54 bits per heavy atom. The minimum atomic E-state index is -0.862. The number of nitrogens with zero attached hydrogens (tertiary/aromatic N) is 1. The third-order valence-corrected chi connectivity index (χ3v) is 3.28. The van der Waals surface area contributed by atoms with Crippen molar-refractivity contribution in [3.63, 3.8) is 0 Å². The molecule has 0 saturated carbocycles. The highest BCUT2D eigenvalue weighted by molar-refractivity contribution is 5.92. The maximum atomic E-state index is 13.4. The van der Waals surface area contributed by atoms with Gasteiger partial charge in [0.25, 0.3) is 5.91 Å². The van der Waals surface area contributed by atoms with Gasteiger partial charge < -0.3 is 20.1 Å². The molecule has 0 aromatic heterocycles. The van der Waals surface area contributed by atoms with Crippen LogP contribution in [0, 0.1) is 11.6 Å². The first-order valence-corrected chi connectivity index (χ1v) is 7.29. The van der Waals surface area contributed by atoms with E-state index >= 15 is 0 Å². The third-order valence-electron chi connectivity index (χ3n) is 3.28. The summed E-state index contributed by atoms with van der Waals surface area (Å²) < 4.78 is 31.2. The molecular weight excluding hydrogens is 318 g/mol. The van der Waals surface area contributed by atoms with Crippen LogP contribution < -0.4 is 15.0 Å². The molecule has 0 unspecified atom stereocenters. The van der Waals surface area contributed by atoms with Crippen molar-refractivity contribution < 1.29 is 23.4 Å². The van der Waals surface area contributed by atoms with Crippen molar-refractivity contribution in [3.8, 4) is 5.75 Å². The Bertz CT molecular complexity index is 693. The molecule has 0 aliphatic rings. The van der Waals surface area contributed by atoms with Gasteiger partial charge in [-0.3, -0.25) is 4.79 Å². The van der Waals surface area contributed by atoms with Crippen molar-refractivity contribution >= 4 is 17.3 Å². The van der Waals surface area contributed by atoms with Crippen LogP contribution in [-0.2, 0) is 4.79 Å². The van der Waals surface area contributed by atoms with Crippen LogP contribution in [0.1, 0.15) is 0 Å².